The number of hydrogen-bond donors (Lipinski definition) is 2. The highest BCUT2D eigenvalue weighted by Crippen LogP contribution is 2.51. The number of piperidine rings is 1. The highest BCUT2D eigenvalue weighted by molar-refractivity contribution is 5.74. The molecule has 1 saturated carbocycles. The molecule has 1 aromatic carbocycles. The Balaban J connectivity index is 1.27. The SMILES string of the molecule is CC(=O)N1C[C@@H]2[C@@H](C#Cc3ccc(-c4cc([C@@H](CN)n5ccnc5[C@H](C)O)no4)cc3)[C@@H]2C1. The minimum atomic E-state index is -0.711. The molecule has 1 aliphatic carbocycles. The molecule has 1 saturated heterocycles. The Morgan fingerprint density at radius 3 is 2.67 bits per heavy atom. The quantitative estimate of drug-likeness (QED) is 0.583. The molecule has 5 rings (SSSR count). The zero-order valence-corrected chi connectivity index (χ0v) is 18.7. The number of rotatable bonds is 5. The Kier molecular flexibility index (Phi) is 5.52. The molecular formula is C25H27N5O3. The molecule has 0 radical (unpaired) electrons. The van der Waals surface area contributed by atoms with Crippen LogP contribution in [0.15, 0.2) is 47.2 Å². The molecule has 1 amide bonds. The fraction of sp³-hybridized carbons (Fsp3) is 0.400. The van der Waals surface area contributed by atoms with Crippen LogP contribution in [0.5, 0.6) is 0 Å². The molecule has 0 unspecified atom stereocenters. The van der Waals surface area contributed by atoms with Crippen molar-refractivity contribution < 1.29 is 14.4 Å². The summed E-state index contributed by atoms with van der Waals surface area (Å²) in [5.74, 6) is 9.47. The van der Waals surface area contributed by atoms with Crippen LogP contribution in [0.2, 0.25) is 0 Å². The van der Waals surface area contributed by atoms with Crippen molar-refractivity contribution in [3.05, 3.63) is 59.8 Å². The number of nitrogens with two attached hydrogens (primary N) is 1. The number of aromatic nitrogens is 3. The lowest BCUT2D eigenvalue weighted by Gasteiger charge is -2.17. The summed E-state index contributed by atoms with van der Waals surface area (Å²) < 4.78 is 7.42. The van der Waals surface area contributed by atoms with Crippen molar-refractivity contribution in [3.8, 4) is 23.2 Å². The van der Waals surface area contributed by atoms with E-state index in [-0.39, 0.29) is 11.9 Å². The van der Waals surface area contributed by atoms with Crippen molar-refractivity contribution in [2.24, 2.45) is 23.5 Å². The average molecular weight is 446 g/mol. The third-order valence-corrected chi connectivity index (χ3v) is 6.69. The van der Waals surface area contributed by atoms with E-state index < -0.39 is 6.10 Å². The van der Waals surface area contributed by atoms with Crippen LogP contribution < -0.4 is 5.73 Å². The molecule has 2 aromatic heterocycles. The summed E-state index contributed by atoms with van der Waals surface area (Å²) >= 11 is 0. The molecular weight excluding hydrogens is 418 g/mol. The first-order chi connectivity index (χ1) is 16.0. The van der Waals surface area contributed by atoms with Crippen LogP contribution in [0.25, 0.3) is 11.3 Å². The number of hydrogen-bond acceptors (Lipinski definition) is 6. The van der Waals surface area contributed by atoms with Crippen molar-refractivity contribution in [1.82, 2.24) is 19.6 Å². The second kappa shape index (κ2) is 8.50. The minimum absolute atomic E-state index is 0.159. The summed E-state index contributed by atoms with van der Waals surface area (Å²) in [5, 5.41) is 14.2. The molecule has 3 N–H and O–H groups in total. The van der Waals surface area contributed by atoms with Gasteiger partial charge in [-0.15, -0.1) is 0 Å². The summed E-state index contributed by atoms with van der Waals surface area (Å²) in [6.45, 7) is 5.28. The molecule has 3 aromatic rings. The lowest BCUT2D eigenvalue weighted by molar-refractivity contribution is -0.128. The first-order valence-electron chi connectivity index (χ1n) is 11.2. The van der Waals surface area contributed by atoms with Gasteiger partial charge in [-0.25, -0.2) is 4.98 Å². The predicted molar refractivity (Wildman–Crippen MR) is 122 cm³/mol. The summed E-state index contributed by atoms with van der Waals surface area (Å²) in [7, 11) is 0. The molecule has 170 valence electrons. The molecule has 2 fully saturated rings. The molecule has 5 atom stereocenters. The average Bonchev–Trinajstić information content (AvgIpc) is 3.32. The van der Waals surface area contributed by atoms with Gasteiger partial charge in [0.05, 0.1) is 6.04 Å². The van der Waals surface area contributed by atoms with E-state index in [9.17, 15) is 9.90 Å². The summed E-state index contributed by atoms with van der Waals surface area (Å²) in [4.78, 5) is 17.6. The van der Waals surface area contributed by atoms with Crippen LogP contribution in [0, 0.1) is 29.6 Å². The number of carbonyl (C=O) groups is 1. The molecule has 3 heterocycles. The Labute approximate surface area is 192 Å². The number of amides is 1. The zero-order chi connectivity index (χ0) is 23.1. The maximum atomic E-state index is 11.5. The lowest BCUT2D eigenvalue weighted by atomic mass is 10.1. The largest absolute Gasteiger partial charge is 0.385 e. The molecule has 33 heavy (non-hydrogen) atoms. The van der Waals surface area contributed by atoms with Gasteiger partial charge < -0.3 is 24.8 Å². The third kappa shape index (κ3) is 4.06. The van der Waals surface area contributed by atoms with Gasteiger partial charge in [-0.3, -0.25) is 4.79 Å². The Morgan fingerprint density at radius 2 is 2.03 bits per heavy atom. The van der Waals surface area contributed by atoms with Gasteiger partial charge in [-0.1, -0.05) is 17.0 Å². The number of benzene rings is 1. The van der Waals surface area contributed by atoms with Gasteiger partial charge >= 0.3 is 0 Å². The van der Waals surface area contributed by atoms with Crippen LogP contribution in [0.1, 0.15) is 43.1 Å². The fourth-order valence-corrected chi connectivity index (χ4v) is 4.75. The van der Waals surface area contributed by atoms with Gasteiger partial charge in [0.15, 0.2) is 5.76 Å². The Morgan fingerprint density at radius 1 is 1.30 bits per heavy atom. The monoisotopic (exact) mass is 445 g/mol. The predicted octanol–water partition coefficient (Wildman–Crippen LogP) is 2.22. The number of carbonyl (C=O) groups excluding carboxylic acids is 1. The van der Waals surface area contributed by atoms with Crippen LogP contribution in [0.3, 0.4) is 0 Å². The van der Waals surface area contributed by atoms with Gasteiger partial charge in [0.1, 0.15) is 17.6 Å². The minimum Gasteiger partial charge on any atom is -0.385 e. The van der Waals surface area contributed by atoms with E-state index in [4.69, 9.17) is 10.3 Å². The second-order valence-electron chi connectivity index (χ2n) is 8.86. The first kappa shape index (κ1) is 21.4. The van der Waals surface area contributed by atoms with Gasteiger partial charge in [0.25, 0.3) is 0 Å². The highest BCUT2D eigenvalue weighted by atomic mass is 16.5. The maximum Gasteiger partial charge on any atom is 0.219 e. The van der Waals surface area contributed by atoms with Crippen molar-refractivity contribution in [3.63, 3.8) is 0 Å². The molecule has 1 aliphatic heterocycles. The van der Waals surface area contributed by atoms with Crippen molar-refractivity contribution in [2.45, 2.75) is 26.0 Å². The molecule has 0 spiro atoms. The molecule has 0 bridgehead atoms. The Bertz CT molecular complexity index is 1200. The molecule has 2 aliphatic rings. The highest BCUT2D eigenvalue weighted by Gasteiger charge is 2.55. The number of aliphatic hydroxyl groups excluding tert-OH is 1. The van der Waals surface area contributed by atoms with Crippen LogP contribution in [-0.2, 0) is 4.79 Å². The standard InChI is InChI=1S/C25H27N5O3/c1-15(31)25-27-9-10-30(25)23(12-26)22-11-24(33-28-22)18-6-3-17(4-7-18)5-8-19-20-13-29(16(2)32)14-21(19)20/h3-4,6-7,9-11,15,19-21,23,31H,12-14,26H2,1-2H3/t15-,19-,20-,21+,23+/m0/s1. The lowest BCUT2D eigenvalue weighted by Crippen LogP contribution is -2.28. The van der Waals surface area contributed by atoms with Gasteiger partial charge in [-0.05, 0) is 43.0 Å². The van der Waals surface area contributed by atoms with Crippen LogP contribution >= 0.6 is 0 Å². The second-order valence-corrected chi connectivity index (χ2v) is 8.86. The van der Waals surface area contributed by atoms with E-state index in [1.807, 2.05) is 39.8 Å². The van der Waals surface area contributed by atoms with Crippen molar-refractivity contribution >= 4 is 5.91 Å². The number of nitrogens with zero attached hydrogens (tertiary/aromatic N) is 4. The van der Waals surface area contributed by atoms with E-state index >= 15 is 0 Å². The van der Waals surface area contributed by atoms with Crippen LogP contribution in [-0.4, -0.2) is 50.3 Å². The number of imidazole rings is 1. The van der Waals surface area contributed by atoms with Crippen molar-refractivity contribution in [2.75, 3.05) is 19.6 Å². The normalized spacial score (nSPS) is 22.9. The third-order valence-electron chi connectivity index (χ3n) is 6.69. The van der Waals surface area contributed by atoms with E-state index in [0.29, 0.717) is 41.6 Å². The number of fused-ring (bicyclic) bond motifs is 1. The van der Waals surface area contributed by atoms with Crippen molar-refractivity contribution in [1.29, 1.82) is 0 Å². The Hall–Kier alpha value is -3.41. The number of likely N-dealkylation sites (tertiary alicyclic amines) is 1. The van der Waals surface area contributed by atoms with E-state index in [1.54, 1.807) is 26.2 Å². The zero-order valence-electron chi connectivity index (χ0n) is 18.7. The first-order valence-corrected chi connectivity index (χ1v) is 11.2. The summed E-state index contributed by atoms with van der Waals surface area (Å²) in [6, 6.07) is 9.48. The topological polar surface area (TPSA) is 110 Å². The van der Waals surface area contributed by atoms with Gasteiger partial charge in [-0.2, -0.15) is 0 Å². The summed E-state index contributed by atoms with van der Waals surface area (Å²) in [5.41, 5.74) is 8.53. The fourth-order valence-electron chi connectivity index (χ4n) is 4.75. The van der Waals surface area contributed by atoms with Gasteiger partial charge in [0, 0.05) is 62.1 Å². The maximum absolute atomic E-state index is 11.5. The van der Waals surface area contributed by atoms with E-state index in [2.05, 4.69) is 22.0 Å². The molecule has 8 nitrogen and oxygen atoms in total. The van der Waals surface area contributed by atoms with Crippen LogP contribution in [0.4, 0.5) is 0 Å². The number of aliphatic hydroxyl groups is 1. The van der Waals surface area contributed by atoms with E-state index in [1.165, 1.54) is 0 Å². The van der Waals surface area contributed by atoms with E-state index in [0.717, 1.165) is 24.2 Å². The smallest absolute Gasteiger partial charge is 0.219 e. The molecule has 8 heteroatoms. The summed E-state index contributed by atoms with van der Waals surface area (Å²) in [6.07, 6.45) is 2.71. The van der Waals surface area contributed by atoms with Gasteiger partial charge in [0.2, 0.25) is 5.91 Å².